The minimum Gasteiger partial charge on any atom is -0.497 e. The van der Waals surface area contributed by atoms with Crippen LogP contribution in [0.4, 0.5) is 0 Å². The van der Waals surface area contributed by atoms with E-state index in [-0.39, 0.29) is 17.8 Å². The molecule has 0 unspecified atom stereocenters. The summed E-state index contributed by atoms with van der Waals surface area (Å²) in [5.41, 5.74) is 6.32. The Labute approximate surface area is 227 Å². The second-order valence-electron chi connectivity index (χ2n) is 11.9. The molecule has 2 saturated carbocycles. The average Bonchev–Trinajstić information content (AvgIpc) is 3.66. The van der Waals surface area contributed by atoms with Gasteiger partial charge in [0.05, 0.1) is 13.5 Å². The Kier molecular flexibility index (Phi) is 7.78. The molecule has 0 saturated heterocycles. The number of benzene rings is 3. The molecule has 200 valence electrons. The molecule has 2 fully saturated rings. The number of carbonyl (C=O) groups is 1. The van der Waals surface area contributed by atoms with E-state index < -0.39 is 5.97 Å². The lowest BCUT2D eigenvalue weighted by atomic mass is 9.75. The standard InChI is InChI=1S/C34H40O4/c1-34(2)16-6-11-32(34)31-18-24(14-15-30(31)26-8-5-9-28(20-26)37-3)22-38-29-10-4-7-25(19-29)27(21-33(35)36)17-23-12-13-23/h4-5,7-10,14-15,18-20,23,27,32H,6,11-13,16-17,21-22H2,1-3H3,(H,35,36)/t27-,32+/m0/s1. The third-order valence-electron chi connectivity index (χ3n) is 8.60. The van der Waals surface area contributed by atoms with Gasteiger partial charge in [0.2, 0.25) is 0 Å². The molecule has 5 rings (SSSR count). The van der Waals surface area contributed by atoms with Crippen LogP contribution >= 0.6 is 0 Å². The van der Waals surface area contributed by atoms with Crippen LogP contribution < -0.4 is 9.47 Å². The summed E-state index contributed by atoms with van der Waals surface area (Å²) in [6.07, 6.45) is 7.25. The number of carboxylic acids is 1. The van der Waals surface area contributed by atoms with E-state index in [0.717, 1.165) is 29.0 Å². The molecule has 2 aliphatic rings. The van der Waals surface area contributed by atoms with Crippen LogP contribution in [0.2, 0.25) is 0 Å². The smallest absolute Gasteiger partial charge is 0.303 e. The van der Waals surface area contributed by atoms with E-state index in [2.05, 4.69) is 50.2 Å². The Hall–Kier alpha value is -3.27. The fourth-order valence-corrected chi connectivity index (χ4v) is 6.28. The van der Waals surface area contributed by atoms with Gasteiger partial charge in [0.1, 0.15) is 18.1 Å². The van der Waals surface area contributed by atoms with Crippen LogP contribution in [0.15, 0.2) is 66.7 Å². The van der Waals surface area contributed by atoms with Gasteiger partial charge in [-0.25, -0.2) is 0 Å². The molecule has 4 nitrogen and oxygen atoms in total. The maximum atomic E-state index is 11.5. The maximum Gasteiger partial charge on any atom is 0.303 e. The zero-order valence-electron chi connectivity index (χ0n) is 22.9. The highest BCUT2D eigenvalue weighted by Gasteiger charge is 2.37. The lowest BCUT2D eigenvalue weighted by Crippen LogP contribution is -2.16. The molecule has 0 aromatic heterocycles. The van der Waals surface area contributed by atoms with Crippen LogP contribution in [0, 0.1) is 11.3 Å². The van der Waals surface area contributed by atoms with Crippen LogP contribution in [-0.2, 0) is 11.4 Å². The van der Waals surface area contributed by atoms with Gasteiger partial charge >= 0.3 is 5.97 Å². The number of ether oxygens (including phenoxy) is 2. The van der Waals surface area contributed by atoms with Crippen LogP contribution in [-0.4, -0.2) is 18.2 Å². The van der Waals surface area contributed by atoms with Crippen molar-refractivity contribution in [3.05, 3.63) is 83.4 Å². The fraction of sp³-hybridized carbons (Fsp3) is 0.441. The quantitative estimate of drug-likeness (QED) is 0.279. The molecule has 0 radical (unpaired) electrons. The minimum absolute atomic E-state index is 0.0434. The molecule has 0 bridgehead atoms. The van der Waals surface area contributed by atoms with Gasteiger partial charge in [-0.15, -0.1) is 0 Å². The fourth-order valence-electron chi connectivity index (χ4n) is 6.28. The van der Waals surface area contributed by atoms with E-state index in [9.17, 15) is 9.90 Å². The molecule has 3 aromatic carbocycles. The SMILES string of the molecule is COc1cccc(-c2ccc(COc3cccc([C@H](CC(=O)O)CC4CC4)c3)cc2[C@H]2CCCC2(C)C)c1. The predicted molar refractivity (Wildman–Crippen MR) is 152 cm³/mol. The summed E-state index contributed by atoms with van der Waals surface area (Å²) in [6, 6.07) is 23.2. The molecule has 0 aliphatic heterocycles. The van der Waals surface area contributed by atoms with Crippen molar-refractivity contribution in [3.63, 3.8) is 0 Å². The van der Waals surface area contributed by atoms with Crippen LogP contribution in [0.25, 0.3) is 11.1 Å². The summed E-state index contributed by atoms with van der Waals surface area (Å²) in [6.45, 7) is 5.27. The van der Waals surface area contributed by atoms with Crippen molar-refractivity contribution in [3.8, 4) is 22.6 Å². The molecule has 3 aromatic rings. The van der Waals surface area contributed by atoms with Crippen molar-refractivity contribution in [2.45, 2.75) is 77.2 Å². The number of methoxy groups -OCH3 is 1. The zero-order valence-corrected chi connectivity index (χ0v) is 22.9. The first-order valence-electron chi connectivity index (χ1n) is 14.0. The molecule has 4 heteroatoms. The van der Waals surface area contributed by atoms with Gasteiger partial charge in [0, 0.05) is 0 Å². The topological polar surface area (TPSA) is 55.8 Å². The van der Waals surface area contributed by atoms with Gasteiger partial charge in [-0.1, -0.05) is 75.6 Å². The lowest BCUT2D eigenvalue weighted by Gasteiger charge is -2.30. The van der Waals surface area contributed by atoms with E-state index in [0.29, 0.717) is 18.4 Å². The minimum atomic E-state index is -0.736. The van der Waals surface area contributed by atoms with Gasteiger partial charge in [-0.05, 0) is 94.5 Å². The Morgan fingerprint density at radius 3 is 2.50 bits per heavy atom. The second kappa shape index (κ2) is 11.2. The molecule has 0 amide bonds. The first-order chi connectivity index (χ1) is 18.3. The highest BCUT2D eigenvalue weighted by Crippen LogP contribution is 2.51. The maximum absolute atomic E-state index is 11.5. The Balaban J connectivity index is 1.39. The summed E-state index contributed by atoms with van der Waals surface area (Å²) in [5.74, 6) is 2.14. The molecular formula is C34H40O4. The van der Waals surface area contributed by atoms with Crippen LogP contribution in [0.5, 0.6) is 11.5 Å². The van der Waals surface area contributed by atoms with Crippen molar-refractivity contribution < 1.29 is 19.4 Å². The highest BCUT2D eigenvalue weighted by atomic mass is 16.5. The highest BCUT2D eigenvalue weighted by molar-refractivity contribution is 5.70. The number of hydrogen-bond donors (Lipinski definition) is 1. The van der Waals surface area contributed by atoms with E-state index in [1.54, 1.807) is 7.11 Å². The first kappa shape index (κ1) is 26.3. The summed E-state index contributed by atoms with van der Waals surface area (Å²) in [7, 11) is 1.71. The van der Waals surface area contributed by atoms with Gasteiger partial charge in [-0.3, -0.25) is 4.79 Å². The molecule has 0 heterocycles. The molecular weight excluding hydrogens is 472 g/mol. The Morgan fingerprint density at radius 1 is 1.00 bits per heavy atom. The summed E-state index contributed by atoms with van der Waals surface area (Å²) in [4.78, 5) is 11.5. The van der Waals surface area contributed by atoms with Gasteiger partial charge in [-0.2, -0.15) is 0 Å². The van der Waals surface area contributed by atoms with Crippen molar-refractivity contribution in [1.82, 2.24) is 0 Å². The summed E-state index contributed by atoms with van der Waals surface area (Å²) >= 11 is 0. The zero-order chi connectivity index (χ0) is 26.7. The molecule has 0 spiro atoms. The van der Waals surface area contributed by atoms with Crippen LogP contribution in [0.1, 0.15) is 87.3 Å². The average molecular weight is 513 g/mol. The van der Waals surface area contributed by atoms with E-state index in [1.165, 1.54) is 48.8 Å². The number of hydrogen-bond acceptors (Lipinski definition) is 3. The number of carboxylic acid groups (broad SMARTS) is 1. The van der Waals surface area contributed by atoms with Crippen LogP contribution in [0.3, 0.4) is 0 Å². The lowest BCUT2D eigenvalue weighted by molar-refractivity contribution is -0.137. The Bertz CT molecular complexity index is 1270. The van der Waals surface area contributed by atoms with E-state index >= 15 is 0 Å². The van der Waals surface area contributed by atoms with Crippen molar-refractivity contribution in [1.29, 1.82) is 0 Å². The second-order valence-corrected chi connectivity index (χ2v) is 11.9. The third-order valence-corrected chi connectivity index (χ3v) is 8.60. The third kappa shape index (κ3) is 6.23. The molecule has 2 aliphatic carbocycles. The first-order valence-corrected chi connectivity index (χ1v) is 14.0. The van der Waals surface area contributed by atoms with Gasteiger partial charge in [0.15, 0.2) is 0 Å². The van der Waals surface area contributed by atoms with Gasteiger partial charge in [0.25, 0.3) is 0 Å². The van der Waals surface area contributed by atoms with E-state index in [4.69, 9.17) is 9.47 Å². The van der Waals surface area contributed by atoms with Crippen molar-refractivity contribution >= 4 is 5.97 Å². The molecule has 2 atom stereocenters. The number of aliphatic carboxylic acids is 1. The molecule has 38 heavy (non-hydrogen) atoms. The normalized spacial score (nSPS) is 19.2. The van der Waals surface area contributed by atoms with Crippen molar-refractivity contribution in [2.24, 2.45) is 11.3 Å². The predicted octanol–water partition coefficient (Wildman–Crippen LogP) is 8.59. The van der Waals surface area contributed by atoms with Gasteiger partial charge < -0.3 is 14.6 Å². The largest absolute Gasteiger partial charge is 0.497 e. The monoisotopic (exact) mass is 512 g/mol. The molecule has 1 N–H and O–H groups in total. The summed E-state index contributed by atoms with van der Waals surface area (Å²) < 4.78 is 11.8. The van der Waals surface area contributed by atoms with E-state index in [1.807, 2.05) is 30.3 Å². The Morgan fingerprint density at radius 2 is 1.79 bits per heavy atom. The van der Waals surface area contributed by atoms with Crippen molar-refractivity contribution in [2.75, 3.05) is 7.11 Å². The summed E-state index contributed by atoms with van der Waals surface area (Å²) in [5, 5.41) is 9.45. The number of rotatable bonds is 11.